The SMILES string of the molecule is Cc1nn(C)c(C)c1CNCc1ccc([Si](C)(C)C)cc1. The van der Waals surface area contributed by atoms with Crippen LogP contribution in [0.4, 0.5) is 0 Å². The number of nitrogens with zero attached hydrogens (tertiary/aromatic N) is 2. The second-order valence-corrected chi connectivity index (χ2v) is 11.9. The maximum absolute atomic E-state index is 4.46. The summed E-state index contributed by atoms with van der Waals surface area (Å²) in [6.45, 7) is 13.1. The smallest absolute Gasteiger partial charge is 0.0775 e. The van der Waals surface area contributed by atoms with Crippen LogP contribution in [0.15, 0.2) is 24.3 Å². The van der Waals surface area contributed by atoms with Gasteiger partial charge in [0.1, 0.15) is 0 Å². The molecule has 3 nitrogen and oxygen atoms in total. The third-order valence-electron chi connectivity index (χ3n) is 4.11. The minimum absolute atomic E-state index is 0.876. The highest BCUT2D eigenvalue weighted by Gasteiger charge is 2.15. The molecule has 0 amide bonds. The van der Waals surface area contributed by atoms with Gasteiger partial charge in [0.25, 0.3) is 0 Å². The molecule has 0 spiro atoms. The van der Waals surface area contributed by atoms with Crippen molar-refractivity contribution in [2.45, 2.75) is 46.6 Å². The van der Waals surface area contributed by atoms with E-state index in [4.69, 9.17) is 0 Å². The van der Waals surface area contributed by atoms with Crippen LogP contribution in [0.2, 0.25) is 19.6 Å². The van der Waals surface area contributed by atoms with Crippen molar-refractivity contribution in [2.75, 3.05) is 0 Å². The first-order chi connectivity index (χ1) is 9.79. The highest BCUT2D eigenvalue weighted by atomic mass is 28.3. The molecule has 114 valence electrons. The molecule has 2 rings (SSSR count). The van der Waals surface area contributed by atoms with Crippen molar-refractivity contribution in [2.24, 2.45) is 7.05 Å². The molecular weight excluding hydrogens is 274 g/mol. The Morgan fingerprint density at radius 3 is 2.14 bits per heavy atom. The molecule has 0 fully saturated rings. The maximum Gasteiger partial charge on any atom is 0.0775 e. The zero-order valence-corrected chi connectivity index (χ0v) is 15.1. The fourth-order valence-corrected chi connectivity index (χ4v) is 3.69. The number of hydrogen-bond donors (Lipinski definition) is 1. The fourth-order valence-electron chi connectivity index (χ4n) is 2.53. The Balaban J connectivity index is 1.95. The molecule has 1 N–H and O–H groups in total. The number of aryl methyl sites for hydroxylation is 2. The Labute approximate surface area is 129 Å². The summed E-state index contributed by atoms with van der Waals surface area (Å²) in [5, 5.41) is 9.50. The lowest BCUT2D eigenvalue weighted by Gasteiger charge is -2.16. The van der Waals surface area contributed by atoms with Gasteiger partial charge in [-0.25, -0.2) is 0 Å². The molecule has 1 aromatic carbocycles. The molecule has 21 heavy (non-hydrogen) atoms. The molecule has 0 unspecified atom stereocenters. The van der Waals surface area contributed by atoms with E-state index in [9.17, 15) is 0 Å². The van der Waals surface area contributed by atoms with E-state index in [2.05, 4.69) is 68.2 Å². The van der Waals surface area contributed by atoms with Crippen molar-refractivity contribution in [1.29, 1.82) is 0 Å². The molecular formula is C17H27N3Si. The van der Waals surface area contributed by atoms with E-state index in [1.165, 1.54) is 22.0 Å². The van der Waals surface area contributed by atoms with Crippen molar-refractivity contribution in [3.8, 4) is 0 Å². The van der Waals surface area contributed by atoms with Crippen molar-refractivity contribution < 1.29 is 0 Å². The molecule has 1 aromatic heterocycles. The Morgan fingerprint density at radius 1 is 1.05 bits per heavy atom. The van der Waals surface area contributed by atoms with Crippen LogP contribution in [-0.4, -0.2) is 17.9 Å². The zero-order chi connectivity index (χ0) is 15.6. The molecule has 0 bridgehead atoms. The molecule has 0 saturated heterocycles. The molecule has 0 aliphatic carbocycles. The lowest BCUT2D eigenvalue weighted by molar-refractivity contribution is 0.684. The van der Waals surface area contributed by atoms with E-state index < -0.39 is 8.07 Å². The predicted octanol–water partition coefficient (Wildman–Crippen LogP) is 2.87. The summed E-state index contributed by atoms with van der Waals surface area (Å²) in [5.41, 5.74) is 5.03. The third kappa shape index (κ3) is 3.83. The van der Waals surface area contributed by atoms with Crippen LogP contribution in [0, 0.1) is 13.8 Å². The van der Waals surface area contributed by atoms with Crippen LogP contribution in [-0.2, 0) is 20.1 Å². The average Bonchev–Trinajstić information content (AvgIpc) is 2.64. The summed E-state index contributed by atoms with van der Waals surface area (Å²) in [5.74, 6) is 0. The normalized spacial score (nSPS) is 11.9. The van der Waals surface area contributed by atoms with Gasteiger partial charge in [0.15, 0.2) is 0 Å². The van der Waals surface area contributed by atoms with Crippen LogP contribution in [0.25, 0.3) is 0 Å². The van der Waals surface area contributed by atoms with E-state index in [1.54, 1.807) is 0 Å². The first-order valence-electron chi connectivity index (χ1n) is 7.58. The van der Waals surface area contributed by atoms with Gasteiger partial charge < -0.3 is 5.32 Å². The van der Waals surface area contributed by atoms with E-state index in [0.717, 1.165) is 18.8 Å². The van der Waals surface area contributed by atoms with Crippen LogP contribution >= 0.6 is 0 Å². The zero-order valence-electron chi connectivity index (χ0n) is 14.1. The van der Waals surface area contributed by atoms with Gasteiger partial charge in [0.05, 0.1) is 13.8 Å². The number of rotatable bonds is 5. The molecule has 0 aliphatic rings. The summed E-state index contributed by atoms with van der Waals surface area (Å²) < 4.78 is 1.95. The van der Waals surface area contributed by atoms with Gasteiger partial charge in [0, 0.05) is 31.4 Å². The highest BCUT2D eigenvalue weighted by molar-refractivity contribution is 6.88. The minimum atomic E-state index is -1.18. The van der Waals surface area contributed by atoms with Gasteiger partial charge in [-0.3, -0.25) is 4.68 Å². The van der Waals surface area contributed by atoms with E-state index >= 15 is 0 Å². The number of aromatic nitrogens is 2. The molecule has 0 atom stereocenters. The van der Waals surface area contributed by atoms with Crippen molar-refractivity contribution >= 4 is 13.3 Å². The van der Waals surface area contributed by atoms with Crippen molar-refractivity contribution in [1.82, 2.24) is 15.1 Å². The topological polar surface area (TPSA) is 29.9 Å². The van der Waals surface area contributed by atoms with E-state index in [0.29, 0.717) is 0 Å². The first-order valence-corrected chi connectivity index (χ1v) is 11.1. The standard InChI is InChI=1S/C17H27N3Si/c1-13-17(14(2)20(3)19-13)12-18-11-15-7-9-16(10-8-15)21(4,5)6/h7-10,18H,11-12H2,1-6H3. The Bertz CT molecular complexity index is 606. The predicted molar refractivity (Wildman–Crippen MR) is 92.6 cm³/mol. The average molecular weight is 302 g/mol. The summed E-state index contributed by atoms with van der Waals surface area (Å²) in [6, 6.07) is 9.10. The Hall–Kier alpha value is -1.39. The molecule has 1 heterocycles. The molecule has 0 aliphatic heterocycles. The lowest BCUT2D eigenvalue weighted by Crippen LogP contribution is -2.37. The first kappa shape index (κ1) is 16.0. The molecule has 4 heteroatoms. The second kappa shape index (κ2) is 6.16. The second-order valence-electron chi connectivity index (χ2n) is 6.82. The summed E-state index contributed by atoms with van der Waals surface area (Å²) in [7, 11) is 0.817. The van der Waals surface area contributed by atoms with Gasteiger partial charge in [-0.1, -0.05) is 49.1 Å². The minimum Gasteiger partial charge on any atom is -0.308 e. The van der Waals surface area contributed by atoms with Crippen LogP contribution in [0.1, 0.15) is 22.5 Å². The van der Waals surface area contributed by atoms with Crippen molar-refractivity contribution in [3.05, 3.63) is 46.8 Å². The van der Waals surface area contributed by atoms with Gasteiger partial charge in [-0.05, 0) is 19.4 Å². The Morgan fingerprint density at radius 2 is 1.67 bits per heavy atom. The van der Waals surface area contributed by atoms with Crippen LogP contribution < -0.4 is 10.5 Å². The van der Waals surface area contributed by atoms with Gasteiger partial charge >= 0.3 is 0 Å². The molecule has 2 aromatic rings. The van der Waals surface area contributed by atoms with Gasteiger partial charge in [0.2, 0.25) is 0 Å². The summed E-state index contributed by atoms with van der Waals surface area (Å²) >= 11 is 0. The van der Waals surface area contributed by atoms with Crippen molar-refractivity contribution in [3.63, 3.8) is 0 Å². The van der Waals surface area contributed by atoms with Gasteiger partial charge in [-0.15, -0.1) is 0 Å². The quantitative estimate of drug-likeness (QED) is 0.861. The van der Waals surface area contributed by atoms with E-state index in [-0.39, 0.29) is 0 Å². The maximum atomic E-state index is 4.46. The number of nitrogens with one attached hydrogen (secondary N) is 1. The summed E-state index contributed by atoms with van der Waals surface area (Å²) in [6.07, 6.45) is 0. The monoisotopic (exact) mass is 301 g/mol. The van der Waals surface area contributed by atoms with E-state index in [1.807, 2.05) is 11.7 Å². The number of benzene rings is 1. The lowest BCUT2D eigenvalue weighted by atomic mass is 10.2. The Kier molecular flexibility index (Phi) is 4.69. The highest BCUT2D eigenvalue weighted by Crippen LogP contribution is 2.11. The molecule has 0 saturated carbocycles. The van der Waals surface area contributed by atoms with Gasteiger partial charge in [-0.2, -0.15) is 5.10 Å². The van der Waals surface area contributed by atoms with Crippen LogP contribution in [0.3, 0.4) is 0 Å². The number of hydrogen-bond acceptors (Lipinski definition) is 2. The fraction of sp³-hybridized carbons (Fsp3) is 0.471. The molecule has 0 radical (unpaired) electrons. The largest absolute Gasteiger partial charge is 0.308 e. The van der Waals surface area contributed by atoms with Crippen LogP contribution in [0.5, 0.6) is 0 Å². The third-order valence-corrected chi connectivity index (χ3v) is 6.18. The summed E-state index contributed by atoms with van der Waals surface area (Å²) in [4.78, 5) is 0.